The lowest BCUT2D eigenvalue weighted by Gasteiger charge is -2.06. The highest BCUT2D eigenvalue weighted by molar-refractivity contribution is 6.06. The summed E-state index contributed by atoms with van der Waals surface area (Å²) in [5.41, 5.74) is -0.760. The van der Waals surface area contributed by atoms with Crippen molar-refractivity contribution in [3.05, 3.63) is 29.3 Å². The first-order valence-electron chi connectivity index (χ1n) is 5.21. The van der Waals surface area contributed by atoms with E-state index in [0.717, 1.165) is 12.1 Å². The molecule has 0 aliphatic carbocycles. The van der Waals surface area contributed by atoms with Crippen LogP contribution in [0.15, 0.2) is 12.1 Å². The second kappa shape index (κ2) is 6.09. The molecule has 0 bridgehead atoms. The zero-order valence-electron chi connectivity index (χ0n) is 9.96. The molecular weight excluding hydrogens is 246 g/mol. The van der Waals surface area contributed by atoms with Gasteiger partial charge in [-0.3, -0.25) is 9.59 Å². The molecule has 0 fully saturated rings. The molecule has 0 atom stereocenters. The monoisotopic (exact) mass is 258 g/mol. The van der Waals surface area contributed by atoms with E-state index >= 15 is 0 Å². The van der Waals surface area contributed by atoms with Gasteiger partial charge in [-0.25, -0.2) is 8.78 Å². The topological polar surface area (TPSA) is 52.6 Å². The van der Waals surface area contributed by atoms with Crippen molar-refractivity contribution in [2.45, 2.75) is 13.3 Å². The number of carbonyl (C=O) groups excluding carboxylic acids is 2. The average molecular weight is 258 g/mol. The van der Waals surface area contributed by atoms with E-state index in [1.54, 1.807) is 6.92 Å². The molecule has 0 unspecified atom stereocenters. The van der Waals surface area contributed by atoms with Crippen molar-refractivity contribution in [2.75, 3.05) is 13.7 Å². The first kappa shape index (κ1) is 14.1. The molecule has 0 N–H and O–H groups in total. The zero-order valence-corrected chi connectivity index (χ0v) is 9.96. The lowest BCUT2D eigenvalue weighted by Crippen LogP contribution is -2.14. The maximum absolute atomic E-state index is 13.5. The van der Waals surface area contributed by atoms with E-state index in [9.17, 15) is 18.4 Å². The van der Waals surface area contributed by atoms with Crippen LogP contribution in [0.3, 0.4) is 0 Å². The van der Waals surface area contributed by atoms with Gasteiger partial charge < -0.3 is 9.47 Å². The van der Waals surface area contributed by atoms with Crippen LogP contribution in [-0.4, -0.2) is 25.5 Å². The minimum atomic E-state index is -1.07. The Balaban J connectivity index is 2.96. The Kier molecular flexibility index (Phi) is 4.76. The molecule has 0 radical (unpaired) electrons. The van der Waals surface area contributed by atoms with E-state index in [1.807, 2.05) is 0 Å². The predicted octanol–water partition coefficient (Wildman–Crippen LogP) is 2.11. The average Bonchev–Trinajstić information content (AvgIpc) is 2.27. The van der Waals surface area contributed by atoms with Crippen molar-refractivity contribution in [1.29, 1.82) is 0 Å². The SMILES string of the molecule is CCOC(=O)CC(=O)c1c(F)cc(OC)cc1F. The molecule has 1 aromatic rings. The Hall–Kier alpha value is -1.98. The molecule has 6 heteroatoms. The number of hydrogen-bond acceptors (Lipinski definition) is 4. The third-order valence-electron chi connectivity index (χ3n) is 2.14. The van der Waals surface area contributed by atoms with E-state index in [1.165, 1.54) is 7.11 Å². The van der Waals surface area contributed by atoms with E-state index in [-0.39, 0.29) is 12.4 Å². The third kappa shape index (κ3) is 3.26. The summed E-state index contributed by atoms with van der Waals surface area (Å²) in [6.45, 7) is 1.66. The lowest BCUT2D eigenvalue weighted by molar-refractivity contribution is -0.141. The third-order valence-corrected chi connectivity index (χ3v) is 2.14. The largest absolute Gasteiger partial charge is 0.497 e. The molecule has 0 aliphatic heterocycles. The summed E-state index contributed by atoms with van der Waals surface area (Å²) >= 11 is 0. The molecule has 0 aromatic heterocycles. The zero-order chi connectivity index (χ0) is 13.7. The number of ketones is 1. The number of ether oxygens (including phenoxy) is 2. The maximum atomic E-state index is 13.5. The van der Waals surface area contributed by atoms with Crippen LogP contribution in [-0.2, 0) is 9.53 Å². The van der Waals surface area contributed by atoms with Crippen molar-refractivity contribution in [3.63, 3.8) is 0 Å². The lowest BCUT2D eigenvalue weighted by atomic mass is 10.1. The van der Waals surface area contributed by atoms with Gasteiger partial charge in [0.2, 0.25) is 0 Å². The van der Waals surface area contributed by atoms with E-state index < -0.39 is 35.4 Å². The molecule has 98 valence electrons. The Morgan fingerprint density at radius 1 is 1.22 bits per heavy atom. The van der Waals surface area contributed by atoms with Gasteiger partial charge in [-0.15, -0.1) is 0 Å². The van der Waals surface area contributed by atoms with Gasteiger partial charge in [-0.1, -0.05) is 0 Å². The number of benzene rings is 1. The summed E-state index contributed by atoms with van der Waals surface area (Å²) < 4.78 is 36.2. The molecule has 0 spiro atoms. The number of methoxy groups -OCH3 is 1. The van der Waals surface area contributed by atoms with Crippen molar-refractivity contribution in [1.82, 2.24) is 0 Å². The second-order valence-corrected chi connectivity index (χ2v) is 3.37. The van der Waals surface area contributed by atoms with Crippen molar-refractivity contribution in [2.24, 2.45) is 0 Å². The smallest absolute Gasteiger partial charge is 0.313 e. The number of Topliss-reactive ketones (excluding diaryl/α,β-unsaturated/α-hetero) is 1. The fraction of sp³-hybridized carbons (Fsp3) is 0.333. The fourth-order valence-corrected chi connectivity index (χ4v) is 1.37. The first-order valence-corrected chi connectivity index (χ1v) is 5.21. The van der Waals surface area contributed by atoms with Crippen molar-refractivity contribution < 1.29 is 27.8 Å². The standard InChI is InChI=1S/C12H12F2O4/c1-3-18-11(16)6-10(15)12-8(13)4-7(17-2)5-9(12)14/h4-5H,3,6H2,1-2H3. The summed E-state index contributed by atoms with van der Waals surface area (Å²) in [7, 11) is 1.24. The van der Waals surface area contributed by atoms with Crippen LogP contribution >= 0.6 is 0 Å². The fourth-order valence-electron chi connectivity index (χ4n) is 1.37. The highest BCUT2D eigenvalue weighted by Gasteiger charge is 2.21. The summed E-state index contributed by atoms with van der Waals surface area (Å²) in [6, 6.07) is 1.75. The Bertz CT molecular complexity index is 448. The van der Waals surface area contributed by atoms with Gasteiger partial charge in [0.05, 0.1) is 19.3 Å². The number of carbonyl (C=O) groups is 2. The van der Waals surface area contributed by atoms with Crippen LogP contribution in [0, 0.1) is 11.6 Å². The minimum absolute atomic E-state index is 0.0438. The number of halogens is 2. The van der Waals surface area contributed by atoms with Crippen LogP contribution in [0.4, 0.5) is 8.78 Å². The minimum Gasteiger partial charge on any atom is -0.497 e. The molecule has 4 nitrogen and oxygen atoms in total. The van der Waals surface area contributed by atoms with E-state index in [0.29, 0.717) is 0 Å². The van der Waals surface area contributed by atoms with Crippen LogP contribution < -0.4 is 4.74 Å². The Labute approximate surface area is 103 Å². The van der Waals surface area contributed by atoms with Gasteiger partial charge in [0.1, 0.15) is 23.8 Å². The first-order chi connectivity index (χ1) is 8.49. The van der Waals surface area contributed by atoms with Gasteiger partial charge >= 0.3 is 5.97 Å². The Morgan fingerprint density at radius 2 is 1.78 bits per heavy atom. The molecule has 0 heterocycles. The summed E-state index contributed by atoms with van der Waals surface area (Å²) in [6.07, 6.45) is -0.700. The second-order valence-electron chi connectivity index (χ2n) is 3.37. The molecule has 1 aromatic carbocycles. The summed E-state index contributed by atoms with van der Waals surface area (Å²) in [4.78, 5) is 22.6. The predicted molar refractivity (Wildman–Crippen MR) is 58.5 cm³/mol. The van der Waals surface area contributed by atoms with Gasteiger partial charge in [-0.2, -0.15) is 0 Å². The molecule has 0 amide bonds. The molecule has 0 saturated heterocycles. The quantitative estimate of drug-likeness (QED) is 0.461. The molecule has 0 saturated carbocycles. The van der Waals surface area contributed by atoms with Crippen LogP contribution in [0.5, 0.6) is 5.75 Å². The van der Waals surface area contributed by atoms with Crippen molar-refractivity contribution >= 4 is 11.8 Å². The van der Waals surface area contributed by atoms with E-state index in [4.69, 9.17) is 0 Å². The maximum Gasteiger partial charge on any atom is 0.313 e. The van der Waals surface area contributed by atoms with Gasteiger partial charge in [0, 0.05) is 12.1 Å². The van der Waals surface area contributed by atoms with Gasteiger partial charge in [0.25, 0.3) is 0 Å². The molecule has 0 aliphatic rings. The number of rotatable bonds is 5. The Morgan fingerprint density at radius 3 is 2.22 bits per heavy atom. The van der Waals surface area contributed by atoms with Gasteiger partial charge in [0.15, 0.2) is 5.78 Å². The number of esters is 1. The molecule has 1 rings (SSSR count). The normalized spacial score (nSPS) is 10.0. The van der Waals surface area contributed by atoms with Crippen LogP contribution in [0.25, 0.3) is 0 Å². The van der Waals surface area contributed by atoms with E-state index in [2.05, 4.69) is 9.47 Å². The van der Waals surface area contributed by atoms with Crippen molar-refractivity contribution in [3.8, 4) is 5.75 Å². The van der Waals surface area contributed by atoms with Gasteiger partial charge in [-0.05, 0) is 6.92 Å². The summed E-state index contributed by atoms with van der Waals surface area (Å²) in [5, 5.41) is 0. The highest BCUT2D eigenvalue weighted by atomic mass is 19.1. The number of hydrogen-bond donors (Lipinski definition) is 0. The highest BCUT2D eigenvalue weighted by Crippen LogP contribution is 2.21. The van der Waals surface area contributed by atoms with Crippen LogP contribution in [0.2, 0.25) is 0 Å². The molecular formula is C12H12F2O4. The molecule has 18 heavy (non-hydrogen) atoms. The van der Waals surface area contributed by atoms with Crippen LogP contribution in [0.1, 0.15) is 23.7 Å². The summed E-state index contributed by atoms with van der Waals surface area (Å²) in [5.74, 6) is -3.97.